The molecule has 2 rings (SSSR count). The maximum Gasteiger partial charge on any atom is 0.0359 e. The van der Waals surface area contributed by atoms with Crippen molar-refractivity contribution in [1.29, 1.82) is 0 Å². The molecule has 1 atom stereocenters. The first-order valence-corrected chi connectivity index (χ1v) is 7.12. The lowest BCUT2D eigenvalue weighted by Gasteiger charge is -2.21. The van der Waals surface area contributed by atoms with Crippen molar-refractivity contribution < 1.29 is 0 Å². The number of hydrogen-bond acceptors (Lipinski definition) is 1. The molecule has 0 aliphatic heterocycles. The first-order chi connectivity index (χ1) is 8.32. The summed E-state index contributed by atoms with van der Waals surface area (Å²) in [5.41, 5.74) is 3.64. The van der Waals surface area contributed by atoms with Crippen LogP contribution in [0.15, 0.2) is 24.3 Å². The molecular weight excluding hydrogens is 218 g/mol. The third-order valence-electron chi connectivity index (χ3n) is 5.29. The van der Waals surface area contributed by atoms with Gasteiger partial charge in [0.15, 0.2) is 0 Å². The second-order valence-electron chi connectivity index (χ2n) is 6.87. The Morgan fingerprint density at radius 3 is 2.22 bits per heavy atom. The molecule has 1 N–H and O–H groups in total. The maximum atomic E-state index is 3.70. The minimum absolute atomic E-state index is 0.420. The van der Waals surface area contributed by atoms with E-state index in [1.807, 2.05) is 0 Å². The Morgan fingerprint density at radius 1 is 1.17 bits per heavy atom. The van der Waals surface area contributed by atoms with Gasteiger partial charge in [0.05, 0.1) is 0 Å². The normalized spacial score (nSPS) is 22.8. The zero-order valence-corrected chi connectivity index (χ0v) is 12.7. The van der Waals surface area contributed by atoms with Gasteiger partial charge in [0, 0.05) is 6.04 Å². The molecule has 0 bridgehead atoms. The lowest BCUT2D eigenvalue weighted by Crippen LogP contribution is -2.25. The fraction of sp³-hybridized carbons (Fsp3) is 0.647. The third-order valence-corrected chi connectivity index (χ3v) is 5.29. The summed E-state index contributed by atoms with van der Waals surface area (Å²) in [4.78, 5) is 0. The van der Waals surface area contributed by atoms with E-state index in [2.05, 4.69) is 71.1 Å². The highest BCUT2D eigenvalue weighted by Gasteiger charge is 2.67. The molecule has 0 radical (unpaired) electrons. The monoisotopic (exact) mass is 245 g/mol. The Labute approximate surface area is 112 Å². The van der Waals surface area contributed by atoms with Gasteiger partial charge in [-0.1, -0.05) is 64.4 Å². The van der Waals surface area contributed by atoms with Gasteiger partial charge in [0.25, 0.3) is 0 Å². The Balaban J connectivity index is 2.31. The fourth-order valence-corrected chi connectivity index (χ4v) is 3.59. The van der Waals surface area contributed by atoms with Crippen molar-refractivity contribution in [3.63, 3.8) is 0 Å². The topological polar surface area (TPSA) is 12.0 Å². The quantitative estimate of drug-likeness (QED) is 0.832. The summed E-state index contributed by atoms with van der Waals surface area (Å²) < 4.78 is 0. The van der Waals surface area contributed by atoms with E-state index < -0.39 is 0 Å². The van der Waals surface area contributed by atoms with Crippen LogP contribution in [0.25, 0.3) is 0 Å². The SMILES string of the molecule is CCNC(c1cccc(C)c1)C1C(C)(C)C1(C)C. The Hall–Kier alpha value is -0.820. The molecule has 1 fully saturated rings. The molecule has 1 unspecified atom stereocenters. The summed E-state index contributed by atoms with van der Waals surface area (Å²) in [5, 5.41) is 3.70. The molecule has 1 aromatic rings. The maximum absolute atomic E-state index is 3.70. The van der Waals surface area contributed by atoms with Crippen LogP contribution in [-0.2, 0) is 0 Å². The van der Waals surface area contributed by atoms with Crippen molar-refractivity contribution in [3.8, 4) is 0 Å². The molecule has 0 amide bonds. The van der Waals surface area contributed by atoms with Crippen LogP contribution in [0.3, 0.4) is 0 Å². The first kappa shape index (κ1) is 13.6. The van der Waals surface area contributed by atoms with Gasteiger partial charge in [-0.3, -0.25) is 0 Å². The van der Waals surface area contributed by atoms with Crippen molar-refractivity contribution >= 4 is 0 Å². The summed E-state index contributed by atoms with van der Waals surface area (Å²) in [5.74, 6) is 0.715. The minimum atomic E-state index is 0.420. The average molecular weight is 245 g/mol. The van der Waals surface area contributed by atoms with Gasteiger partial charge in [-0.15, -0.1) is 0 Å². The highest BCUT2D eigenvalue weighted by molar-refractivity contribution is 5.30. The average Bonchev–Trinajstić information content (AvgIpc) is 2.67. The molecule has 100 valence electrons. The van der Waals surface area contributed by atoms with Crippen molar-refractivity contribution in [2.45, 2.75) is 47.6 Å². The molecule has 18 heavy (non-hydrogen) atoms. The van der Waals surface area contributed by atoms with E-state index >= 15 is 0 Å². The van der Waals surface area contributed by atoms with Crippen LogP contribution < -0.4 is 5.32 Å². The summed E-state index contributed by atoms with van der Waals surface area (Å²) in [6.45, 7) is 15.0. The van der Waals surface area contributed by atoms with Gasteiger partial charge in [0.1, 0.15) is 0 Å². The van der Waals surface area contributed by atoms with E-state index in [4.69, 9.17) is 0 Å². The van der Waals surface area contributed by atoms with Gasteiger partial charge in [-0.05, 0) is 35.8 Å². The number of hydrogen-bond donors (Lipinski definition) is 1. The standard InChI is InChI=1S/C17H27N/c1-7-18-14(13-10-8-9-12(2)11-13)15-16(3,4)17(15,5)6/h8-11,14-15,18H,7H2,1-6H3. The Morgan fingerprint density at radius 2 is 1.78 bits per heavy atom. The van der Waals surface area contributed by atoms with E-state index in [9.17, 15) is 0 Å². The summed E-state index contributed by atoms with van der Waals surface area (Å²) in [6.07, 6.45) is 0. The summed E-state index contributed by atoms with van der Waals surface area (Å²) in [6, 6.07) is 9.44. The van der Waals surface area contributed by atoms with Crippen molar-refractivity contribution in [2.24, 2.45) is 16.7 Å². The molecular formula is C17H27N. The minimum Gasteiger partial charge on any atom is -0.310 e. The molecule has 1 aliphatic rings. The Bertz CT molecular complexity index is 417. The van der Waals surface area contributed by atoms with Crippen molar-refractivity contribution in [3.05, 3.63) is 35.4 Å². The van der Waals surface area contributed by atoms with E-state index in [0.717, 1.165) is 6.54 Å². The highest BCUT2D eigenvalue weighted by atomic mass is 15.0. The highest BCUT2D eigenvalue weighted by Crippen LogP contribution is 2.72. The second kappa shape index (κ2) is 4.38. The summed E-state index contributed by atoms with van der Waals surface area (Å²) in [7, 11) is 0. The number of aryl methyl sites for hydroxylation is 1. The zero-order valence-electron chi connectivity index (χ0n) is 12.7. The number of rotatable bonds is 4. The molecule has 0 saturated heterocycles. The first-order valence-electron chi connectivity index (χ1n) is 7.12. The van der Waals surface area contributed by atoms with Gasteiger partial charge in [0.2, 0.25) is 0 Å². The van der Waals surface area contributed by atoms with Crippen molar-refractivity contribution in [1.82, 2.24) is 5.32 Å². The van der Waals surface area contributed by atoms with Crippen LogP contribution >= 0.6 is 0 Å². The molecule has 0 spiro atoms. The predicted octanol–water partition coefficient (Wildman–Crippen LogP) is 4.33. The lowest BCUT2D eigenvalue weighted by molar-refractivity contribution is 0.418. The molecule has 1 heteroatoms. The van der Waals surface area contributed by atoms with Gasteiger partial charge in [-0.2, -0.15) is 0 Å². The molecule has 0 heterocycles. The fourth-order valence-electron chi connectivity index (χ4n) is 3.59. The van der Waals surface area contributed by atoms with E-state index in [1.54, 1.807) is 0 Å². The van der Waals surface area contributed by atoms with Gasteiger partial charge >= 0.3 is 0 Å². The largest absolute Gasteiger partial charge is 0.310 e. The van der Waals surface area contributed by atoms with Crippen molar-refractivity contribution in [2.75, 3.05) is 6.54 Å². The van der Waals surface area contributed by atoms with E-state index in [-0.39, 0.29) is 0 Å². The summed E-state index contributed by atoms with van der Waals surface area (Å²) >= 11 is 0. The van der Waals surface area contributed by atoms with Crippen LogP contribution in [0, 0.1) is 23.7 Å². The van der Waals surface area contributed by atoms with Gasteiger partial charge in [-0.25, -0.2) is 0 Å². The van der Waals surface area contributed by atoms with Crippen LogP contribution in [0.4, 0.5) is 0 Å². The van der Waals surface area contributed by atoms with Gasteiger partial charge < -0.3 is 5.32 Å². The molecule has 1 aliphatic carbocycles. The lowest BCUT2D eigenvalue weighted by atomic mass is 9.95. The number of benzene rings is 1. The van der Waals surface area contributed by atoms with Crippen LogP contribution in [0.2, 0.25) is 0 Å². The molecule has 0 aromatic heterocycles. The van der Waals surface area contributed by atoms with E-state index in [1.165, 1.54) is 11.1 Å². The molecule has 1 aromatic carbocycles. The zero-order chi connectivity index (χ0) is 13.6. The van der Waals surface area contributed by atoms with E-state index in [0.29, 0.717) is 22.8 Å². The number of nitrogens with one attached hydrogen (secondary N) is 1. The van der Waals surface area contributed by atoms with Crippen LogP contribution in [0.5, 0.6) is 0 Å². The van der Waals surface area contributed by atoms with Crippen LogP contribution in [-0.4, -0.2) is 6.54 Å². The third kappa shape index (κ3) is 1.99. The smallest absolute Gasteiger partial charge is 0.0359 e. The van der Waals surface area contributed by atoms with Crippen LogP contribution in [0.1, 0.15) is 51.8 Å². The molecule has 1 nitrogen and oxygen atoms in total. The predicted molar refractivity (Wildman–Crippen MR) is 78.6 cm³/mol. The molecule has 1 saturated carbocycles. The second-order valence-corrected chi connectivity index (χ2v) is 6.87. The Kier molecular flexibility index (Phi) is 3.31.